The lowest BCUT2D eigenvalue weighted by molar-refractivity contribution is -0.121. The third kappa shape index (κ3) is 5.55. The molecule has 4 N–H and O–H groups in total. The van der Waals surface area contributed by atoms with Crippen molar-refractivity contribution in [1.29, 1.82) is 0 Å². The fourth-order valence-corrected chi connectivity index (χ4v) is 6.03. The molecule has 0 unspecified atom stereocenters. The van der Waals surface area contributed by atoms with Gasteiger partial charge in [0, 0.05) is 60.1 Å². The maximum absolute atomic E-state index is 12.3. The molecule has 0 aromatic carbocycles. The molecule has 8 nitrogen and oxygen atoms in total. The molecule has 226 valence electrons. The lowest BCUT2D eigenvalue weighted by atomic mass is 10.00. The normalized spacial score (nSPS) is 12.9. The van der Waals surface area contributed by atoms with Crippen LogP contribution in [0.25, 0.3) is 50.4 Å². The Labute approximate surface area is 258 Å². The molecule has 0 saturated heterocycles. The Balaban J connectivity index is 1.90. The first-order chi connectivity index (χ1) is 21.1. The predicted octanol–water partition coefficient (Wildman–Crippen LogP) is 6.83. The van der Waals surface area contributed by atoms with E-state index in [1.54, 1.807) is 14.1 Å². The van der Waals surface area contributed by atoms with E-state index in [4.69, 9.17) is 9.97 Å². The summed E-state index contributed by atoms with van der Waals surface area (Å²) >= 11 is 0. The lowest BCUT2D eigenvalue weighted by Gasteiger charge is -2.05. The number of carbonyl (C=O) groups is 2. The summed E-state index contributed by atoms with van der Waals surface area (Å²) in [7, 11) is 3.30. The van der Waals surface area contributed by atoms with Gasteiger partial charge in [-0.25, -0.2) is 9.97 Å². The minimum atomic E-state index is -0.0231. The molecule has 5 rings (SSSR count). The number of aromatic nitrogens is 4. The summed E-state index contributed by atoms with van der Waals surface area (Å²) in [6, 6.07) is 8.24. The zero-order chi connectivity index (χ0) is 31.7. The van der Waals surface area contributed by atoms with Gasteiger partial charge in [0.1, 0.15) is 0 Å². The van der Waals surface area contributed by atoms with Gasteiger partial charge in [0.2, 0.25) is 11.8 Å². The third-order valence-corrected chi connectivity index (χ3v) is 8.80. The number of amides is 2. The Kier molecular flexibility index (Phi) is 8.54. The van der Waals surface area contributed by atoms with Gasteiger partial charge in [-0.1, -0.05) is 25.3 Å². The van der Waals surface area contributed by atoms with Crippen molar-refractivity contribution in [3.05, 3.63) is 88.5 Å². The zero-order valence-electron chi connectivity index (χ0n) is 26.4. The van der Waals surface area contributed by atoms with Crippen LogP contribution in [-0.2, 0) is 16.0 Å². The summed E-state index contributed by atoms with van der Waals surface area (Å²) in [6.45, 7) is 16.4. The average molecular weight is 589 g/mol. The quantitative estimate of drug-likeness (QED) is 0.231. The lowest BCUT2D eigenvalue weighted by Crippen LogP contribution is -2.18. The Bertz CT molecular complexity index is 1950. The summed E-state index contributed by atoms with van der Waals surface area (Å²) in [5.41, 5.74) is 15.2. The van der Waals surface area contributed by atoms with E-state index < -0.39 is 0 Å². The first kappa shape index (κ1) is 30.5. The molecule has 0 spiro atoms. The molecule has 8 bridgehead atoms. The van der Waals surface area contributed by atoms with Crippen molar-refractivity contribution in [3.8, 4) is 0 Å². The molecule has 44 heavy (non-hydrogen) atoms. The second kappa shape index (κ2) is 12.3. The second-order valence-corrected chi connectivity index (χ2v) is 11.3. The molecule has 5 heterocycles. The van der Waals surface area contributed by atoms with Gasteiger partial charge in [-0.3, -0.25) is 9.59 Å². The first-order valence-corrected chi connectivity index (χ1v) is 14.9. The molecule has 2 aliphatic rings. The molecular formula is C36H40N6O2. The summed E-state index contributed by atoms with van der Waals surface area (Å²) in [4.78, 5) is 41.9. The van der Waals surface area contributed by atoms with Gasteiger partial charge in [0.15, 0.2) is 0 Å². The van der Waals surface area contributed by atoms with E-state index in [9.17, 15) is 9.59 Å². The highest BCUT2D eigenvalue weighted by Gasteiger charge is 2.21. The number of aryl methyl sites for hydroxylation is 3. The van der Waals surface area contributed by atoms with E-state index in [0.29, 0.717) is 25.7 Å². The SMILES string of the molecule is C=CC1=C(C)c2cc3[nH]c(cc4nc(cc5[nH]c(cc1n2)c(C)c5CCC(=O)NC)C(CCC(=O)NC)=C4C)c(C)c3C=C. The summed E-state index contributed by atoms with van der Waals surface area (Å²) in [5.74, 6) is -0.0437. The van der Waals surface area contributed by atoms with Crippen molar-refractivity contribution in [1.82, 2.24) is 30.6 Å². The van der Waals surface area contributed by atoms with Gasteiger partial charge in [0.05, 0.1) is 22.8 Å². The Morgan fingerprint density at radius 2 is 1.25 bits per heavy atom. The van der Waals surface area contributed by atoms with E-state index >= 15 is 0 Å². The van der Waals surface area contributed by atoms with E-state index in [0.717, 1.165) is 89.4 Å². The van der Waals surface area contributed by atoms with E-state index in [1.807, 2.05) is 12.2 Å². The summed E-state index contributed by atoms with van der Waals surface area (Å²) in [5, 5.41) is 5.46. The molecule has 0 atom stereocenters. The van der Waals surface area contributed by atoms with Crippen molar-refractivity contribution in [2.24, 2.45) is 0 Å². The number of carbonyl (C=O) groups excluding carboxylic acids is 2. The van der Waals surface area contributed by atoms with Crippen molar-refractivity contribution < 1.29 is 9.59 Å². The van der Waals surface area contributed by atoms with Gasteiger partial charge in [-0.15, -0.1) is 0 Å². The third-order valence-electron chi connectivity index (χ3n) is 8.80. The number of allylic oxidation sites excluding steroid dienone is 5. The number of hydrogen-bond donors (Lipinski definition) is 4. The maximum atomic E-state index is 12.3. The molecule has 8 heteroatoms. The Hall–Kier alpha value is -4.98. The fraction of sp³-hybridized carbons (Fsp3) is 0.278. The van der Waals surface area contributed by atoms with Gasteiger partial charge in [-0.2, -0.15) is 0 Å². The van der Waals surface area contributed by atoms with Crippen LogP contribution in [0.4, 0.5) is 0 Å². The molecule has 0 fully saturated rings. The number of H-pyrrole nitrogens is 2. The molecule has 2 amide bonds. The van der Waals surface area contributed by atoms with Crippen molar-refractivity contribution >= 4 is 62.2 Å². The van der Waals surface area contributed by atoms with Crippen LogP contribution in [0.1, 0.15) is 78.1 Å². The average Bonchev–Trinajstić information content (AvgIpc) is 3.67. The minimum Gasteiger partial charge on any atom is -0.359 e. The minimum absolute atomic E-state index is 0.0206. The number of nitrogens with zero attached hydrogens (tertiary/aromatic N) is 2. The molecule has 0 aliphatic carbocycles. The van der Waals surface area contributed by atoms with E-state index in [1.165, 1.54) is 0 Å². The van der Waals surface area contributed by atoms with Crippen LogP contribution in [0.15, 0.2) is 43.5 Å². The monoisotopic (exact) mass is 588 g/mol. The number of hydrogen-bond acceptors (Lipinski definition) is 4. The number of aromatic amines is 2. The Morgan fingerprint density at radius 1 is 0.705 bits per heavy atom. The van der Waals surface area contributed by atoms with Crippen LogP contribution in [-0.4, -0.2) is 45.8 Å². The number of rotatable bonds is 8. The molecule has 0 radical (unpaired) electrons. The summed E-state index contributed by atoms with van der Waals surface area (Å²) < 4.78 is 0. The van der Waals surface area contributed by atoms with Crippen LogP contribution in [0, 0.1) is 13.8 Å². The highest BCUT2D eigenvalue weighted by molar-refractivity contribution is 5.98. The standard InChI is InChI=1S/C36H40N6O2/c1-9-23-19(3)27-15-28-21(5)25(11-13-35(43)37-7)33(41-28)18-34-26(12-14-36(44)38-8)22(6)30(42-34)17-32-24(10-2)20(4)29(40-32)16-31(23)39-27/h9-10,15-18,39,42H,1-2,11-14H2,3-8H3,(H,37,43)(H,38,44). The first-order valence-electron chi connectivity index (χ1n) is 14.9. The Morgan fingerprint density at radius 3 is 1.91 bits per heavy atom. The molecule has 0 saturated carbocycles. The van der Waals surface area contributed by atoms with Gasteiger partial charge >= 0.3 is 0 Å². The van der Waals surface area contributed by atoms with E-state index in [-0.39, 0.29) is 11.8 Å². The highest BCUT2D eigenvalue weighted by atomic mass is 16.2. The van der Waals surface area contributed by atoms with Crippen LogP contribution in [0.5, 0.6) is 0 Å². The highest BCUT2D eigenvalue weighted by Crippen LogP contribution is 2.36. The van der Waals surface area contributed by atoms with Gasteiger partial charge in [-0.05, 0) is 98.2 Å². The molecule has 2 aliphatic heterocycles. The smallest absolute Gasteiger partial charge is 0.220 e. The maximum Gasteiger partial charge on any atom is 0.220 e. The zero-order valence-corrected chi connectivity index (χ0v) is 26.4. The van der Waals surface area contributed by atoms with Crippen molar-refractivity contribution in [2.45, 2.75) is 53.4 Å². The molecule has 3 aromatic heterocycles. The van der Waals surface area contributed by atoms with Crippen LogP contribution in [0.2, 0.25) is 0 Å². The van der Waals surface area contributed by atoms with Crippen molar-refractivity contribution in [3.63, 3.8) is 0 Å². The summed E-state index contributed by atoms with van der Waals surface area (Å²) in [6.07, 6.45) is 5.53. The van der Waals surface area contributed by atoms with Crippen LogP contribution < -0.4 is 10.6 Å². The van der Waals surface area contributed by atoms with Gasteiger partial charge < -0.3 is 20.6 Å². The fourth-order valence-electron chi connectivity index (χ4n) is 6.03. The van der Waals surface area contributed by atoms with Gasteiger partial charge in [0.25, 0.3) is 0 Å². The number of nitrogens with one attached hydrogen (secondary N) is 4. The largest absolute Gasteiger partial charge is 0.359 e. The van der Waals surface area contributed by atoms with E-state index in [2.05, 4.69) is 85.7 Å². The van der Waals surface area contributed by atoms with Crippen LogP contribution in [0.3, 0.4) is 0 Å². The molecule has 3 aromatic rings. The topological polar surface area (TPSA) is 116 Å². The van der Waals surface area contributed by atoms with Crippen molar-refractivity contribution in [2.75, 3.05) is 14.1 Å². The van der Waals surface area contributed by atoms with Crippen LogP contribution >= 0.6 is 0 Å². The number of fused-ring (bicyclic) bond motifs is 8. The molecular weight excluding hydrogens is 548 g/mol. The second-order valence-electron chi connectivity index (χ2n) is 11.3. The predicted molar refractivity (Wildman–Crippen MR) is 181 cm³/mol.